The van der Waals surface area contributed by atoms with Crippen LogP contribution in [0, 0.1) is 24.0 Å². The largest absolute Gasteiger partial charge is 0.406 e. The minimum atomic E-state index is -0.448. The zero-order valence-electron chi connectivity index (χ0n) is 15.9. The van der Waals surface area contributed by atoms with Gasteiger partial charge in [-0.3, -0.25) is 14.3 Å². The van der Waals surface area contributed by atoms with Crippen LogP contribution >= 0.6 is 11.3 Å². The summed E-state index contributed by atoms with van der Waals surface area (Å²) in [5.74, 6) is 1.07. The summed E-state index contributed by atoms with van der Waals surface area (Å²) in [6.45, 7) is 7.20. The van der Waals surface area contributed by atoms with E-state index in [-0.39, 0.29) is 11.4 Å². The van der Waals surface area contributed by atoms with Gasteiger partial charge in [-0.05, 0) is 29.3 Å². The zero-order valence-corrected chi connectivity index (χ0v) is 16.7. The van der Waals surface area contributed by atoms with Crippen molar-refractivity contribution in [1.29, 1.82) is 0 Å². The second-order valence-electron chi connectivity index (χ2n) is 7.00. The fraction of sp³-hybridized carbons (Fsp3) is 0.471. The third-order valence-corrected chi connectivity index (χ3v) is 6.29. The smallest absolute Gasteiger partial charge is 0.358 e. The van der Waals surface area contributed by atoms with Gasteiger partial charge in [-0.2, -0.15) is 0 Å². The number of aryl methyl sites for hydroxylation is 3. The standard InChI is InChI=1S/C17H21N7O3S/c1-10-11(2)28-16-13(10)15(25)19-12(20-16)8-22-4-6-23(7-5-22)17-14(24(26)27)18-9-21(17)3/h9H,4-8H2,1-3H3,(H,19,20,25). The molecule has 3 aromatic rings. The predicted molar refractivity (Wildman–Crippen MR) is 107 cm³/mol. The fourth-order valence-corrected chi connectivity index (χ4v) is 4.66. The molecule has 4 rings (SSSR count). The number of nitrogens with one attached hydrogen (secondary N) is 1. The van der Waals surface area contributed by atoms with E-state index < -0.39 is 4.92 Å². The van der Waals surface area contributed by atoms with Crippen LogP contribution in [0.25, 0.3) is 10.2 Å². The molecule has 0 aromatic carbocycles. The molecule has 1 fully saturated rings. The summed E-state index contributed by atoms with van der Waals surface area (Å²) < 4.78 is 1.68. The lowest BCUT2D eigenvalue weighted by Gasteiger charge is -2.34. The normalized spacial score (nSPS) is 15.5. The topological polar surface area (TPSA) is 113 Å². The maximum Gasteiger partial charge on any atom is 0.406 e. The number of piperazine rings is 1. The number of nitro groups is 1. The summed E-state index contributed by atoms with van der Waals surface area (Å²) in [6.07, 6.45) is 1.47. The van der Waals surface area contributed by atoms with Gasteiger partial charge in [0, 0.05) is 38.1 Å². The van der Waals surface area contributed by atoms with Crippen LogP contribution in [0.5, 0.6) is 0 Å². The Hall–Kier alpha value is -2.79. The Morgan fingerprint density at radius 1 is 1.29 bits per heavy atom. The van der Waals surface area contributed by atoms with E-state index in [2.05, 4.69) is 19.9 Å². The molecule has 1 aliphatic rings. The van der Waals surface area contributed by atoms with E-state index in [1.54, 1.807) is 23.0 Å². The van der Waals surface area contributed by atoms with Gasteiger partial charge >= 0.3 is 5.82 Å². The van der Waals surface area contributed by atoms with Gasteiger partial charge in [-0.15, -0.1) is 11.3 Å². The number of thiophene rings is 1. The number of H-pyrrole nitrogens is 1. The molecule has 3 aromatic heterocycles. The Morgan fingerprint density at radius 2 is 2.00 bits per heavy atom. The minimum Gasteiger partial charge on any atom is -0.358 e. The molecule has 1 aliphatic heterocycles. The van der Waals surface area contributed by atoms with E-state index >= 15 is 0 Å². The first-order valence-electron chi connectivity index (χ1n) is 8.97. The Balaban J connectivity index is 1.48. The summed E-state index contributed by atoms with van der Waals surface area (Å²) in [7, 11) is 1.76. The quantitative estimate of drug-likeness (QED) is 0.519. The van der Waals surface area contributed by atoms with E-state index in [0.29, 0.717) is 49.8 Å². The number of hydrogen-bond acceptors (Lipinski definition) is 8. The van der Waals surface area contributed by atoms with Crippen LogP contribution in [0.4, 0.5) is 11.6 Å². The second-order valence-corrected chi connectivity index (χ2v) is 8.20. The van der Waals surface area contributed by atoms with Crippen LogP contribution < -0.4 is 10.5 Å². The summed E-state index contributed by atoms with van der Waals surface area (Å²) in [6, 6.07) is 0. The number of hydrogen-bond donors (Lipinski definition) is 1. The van der Waals surface area contributed by atoms with Crippen LogP contribution in [-0.2, 0) is 13.6 Å². The van der Waals surface area contributed by atoms with Crippen molar-refractivity contribution in [2.75, 3.05) is 31.1 Å². The van der Waals surface area contributed by atoms with Crippen molar-refractivity contribution in [2.24, 2.45) is 7.05 Å². The Labute approximate surface area is 164 Å². The minimum absolute atomic E-state index is 0.0917. The van der Waals surface area contributed by atoms with E-state index in [4.69, 9.17) is 0 Å². The molecule has 0 atom stereocenters. The Kier molecular flexibility index (Phi) is 4.63. The molecule has 11 heteroatoms. The van der Waals surface area contributed by atoms with Gasteiger partial charge in [-0.25, -0.2) is 4.98 Å². The molecular weight excluding hydrogens is 382 g/mol. The number of imidazole rings is 1. The second kappa shape index (κ2) is 6.99. The predicted octanol–water partition coefficient (Wildman–Crippen LogP) is 1.57. The van der Waals surface area contributed by atoms with Gasteiger partial charge in [-0.1, -0.05) is 0 Å². The maximum atomic E-state index is 12.4. The lowest BCUT2D eigenvalue weighted by Crippen LogP contribution is -2.47. The summed E-state index contributed by atoms with van der Waals surface area (Å²) >= 11 is 1.54. The monoisotopic (exact) mass is 403 g/mol. The SMILES string of the molecule is Cc1sc2nc(CN3CCN(c4c([N+](=O)[O-])ncn4C)CC3)[nH]c(=O)c2c1C. The van der Waals surface area contributed by atoms with Crippen molar-refractivity contribution in [3.63, 3.8) is 0 Å². The van der Waals surface area contributed by atoms with Crippen molar-refractivity contribution in [2.45, 2.75) is 20.4 Å². The van der Waals surface area contributed by atoms with Crippen molar-refractivity contribution >= 4 is 33.2 Å². The van der Waals surface area contributed by atoms with Crippen LogP contribution in [0.2, 0.25) is 0 Å². The molecule has 0 amide bonds. The summed E-state index contributed by atoms with van der Waals surface area (Å²) in [5.41, 5.74) is 0.901. The van der Waals surface area contributed by atoms with Crippen LogP contribution in [0.1, 0.15) is 16.3 Å². The van der Waals surface area contributed by atoms with Gasteiger partial charge in [0.25, 0.3) is 5.56 Å². The van der Waals surface area contributed by atoms with E-state index in [0.717, 1.165) is 15.3 Å². The number of aromatic nitrogens is 4. The van der Waals surface area contributed by atoms with E-state index in [1.807, 2.05) is 18.7 Å². The lowest BCUT2D eigenvalue weighted by molar-refractivity contribution is -0.388. The molecule has 0 spiro atoms. The molecule has 1 N–H and O–H groups in total. The van der Waals surface area contributed by atoms with Gasteiger partial charge in [0.15, 0.2) is 0 Å². The Morgan fingerprint density at radius 3 is 2.68 bits per heavy atom. The fourth-order valence-electron chi connectivity index (χ4n) is 3.61. The number of nitrogens with zero attached hydrogens (tertiary/aromatic N) is 6. The van der Waals surface area contributed by atoms with E-state index in [9.17, 15) is 14.9 Å². The molecule has 4 heterocycles. The molecule has 0 bridgehead atoms. The molecule has 28 heavy (non-hydrogen) atoms. The maximum absolute atomic E-state index is 12.4. The average molecular weight is 403 g/mol. The van der Waals surface area contributed by atoms with Crippen molar-refractivity contribution in [3.8, 4) is 0 Å². The van der Waals surface area contributed by atoms with Crippen molar-refractivity contribution in [1.82, 2.24) is 24.4 Å². The highest BCUT2D eigenvalue weighted by atomic mass is 32.1. The number of rotatable bonds is 4. The number of anilines is 1. The molecule has 148 valence electrons. The van der Waals surface area contributed by atoms with Gasteiger partial charge in [0.1, 0.15) is 10.7 Å². The van der Waals surface area contributed by atoms with Crippen LogP contribution in [0.3, 0.4) is 0 Å². The molecule has 1 saturated heterocycles. The van der Waals surface area contributed by atoms with Gasteiger partial charge in [0.2, 0.25) is 12.1 Å². The highest BCUT2D eigenvalue weighted by molar-refractivity contribution is 7.18. The molecule has 0 aliphatic carbocycles. The molecule has 10 nitrogen and oxygen atoms in total. The molecular formula is C17H21N7O3S. The third kappa shape index (κ3) is 3.16. The lowest BCUT2D eigenvalue weighted by atomic mass is 10.2. The average Bonchev–Trinajstić information content (AvgIpc) is 3.16. The first-order chi connectivity index (χ1) is 13.3. The third-order valence-electron chi connectivity index (χ3n) is 5.19. The first-order valence-corrected chi connectivity index (χ1v) is 9.78. The summed E-state index contributed by atoms with van der Waals surface area (Å²) in [4.78, 5) is 40.7. The van der Waals surface area contributed by atoms with Gasteiger partial charge < -0.3 is 20.0 Å². The number of aromatic amines is 1. The first kappa shape index (κ1) is 18.6. The van der Waals surface area contributed by atoms with Gasteiger partial charge in [0.05, 0.1) is 11.9 Å². The molecule has 0 saturated carbocycles. The Bertz CT molecular complexity index is 1110. The van der Waals surface area contributed by atoms with Crippen LogP contribution in [-0.4, -0.2) is 55.5 Å². The van der Waals surface area contributed by atoms with Crippen LogP contribution in [0.15, 0.2) is 11.1 Å². The molecule has 0 radical (unpaired) electrons. The van der Waals surface area contributed by atoms with E-state index in [1.165, 1.54) is 6.33 Å². The van der Waals surface area contributed by atoms with Crippen molar-refractivity contribution < 1.29 is 4.92 Å². The molecule has 0 unspecified atom stereocenters. The summed E-state index contributed by atoms with van der Waals surface area (Å²) in [5, 5.41) is 11.9. The van der Waals surface area contributed by atoms with Crippen molar-refractivity contribution in [3.05, 3.63) is 43.1 Å². The zero-order chi connectivity index (χ0) is 20.0. The number of fused-ring (bicyclic) bond motifs is 1. The highest BCUT2D eigenvalue weighted by Crippen LogP contribution is 2.28. The highest BCUT2D eigenvalue weighted by Gasteiger charge is 2.28.